The van der Waals surface area contributed by atoms with Crippen molar-refractivity contribution < 1.29 is 0 Å². The third-order valence-corrected chi connectivity index (χ3v) is 5.38. The highest BCUT2D eigenvalue weighted by Crippen LogP contribution is 2.30. The second kappa shape index (κ2) is 6.06. The minimum absolute atomic E-state index is 0.744. The Morgan fingerprint density at radius 3 is 2.65 bits per heavy atom. The number of aromatic nitrogens is 2. The van der Waals surface area contributed by atoms with Gasteiger partial charge in [0.2, 0.25) is 0 Å². The number of piperidine rings is 1. The molecule has 1 aromatic heterocycles. The summed E-state index contributed by atoms with van der Waals surface area (Å²) in [4.78, 5) is 5.25. The molecular formula is C15H25BrN4. The van der Waals surface area contributed by atoms with Crippen molar-refractivity contribution in [3.8, 4) is 0 Å². The lowest BCUT2D eigenvalue weighted by molar-refractivity contribution is 0.174. The van der Waals surface area contributed by atoms with Crippen LogP contribution in [0.5, 0.6) is 0 Å². The van der Waals surface area contributed by atoms with Gasteiger partial charge in [0.25, 0.3) is 0 Å². The van der Waals surface area contributed by atoms with Gasteiger partial charge in [-0.05, 0) is 39.3 Å². The summed E-state index contributed by atoms with van der Waals surface area (Å²) in [5.74, 6) is 1.32. The van der Waals surface area contributed by atoms with Crippen LogP contribution in [0.15, 0.2) is 0 Å². The Labute approximate surface area is 130 Å². The molecule has 2 aliphatic rings. The van der Waals surface area contributed by atoms with Gasteiger partial charge in [-0.1, -0.05) is 22.4 Å². The molecule has 112 valence electrons. The van der Waals surface area contributed by atoms with Crippen molar-refractivity contribution >= 4 is 21.7 Å². The topological polar surface area (TPSA) is 24.3 Å². The predicted molar refractivity (Wildman–Crippen MR) is 86.6 cm³/mol. The van der Waals surface area contributed by atoms with Crippen LogP contribution in [0.4, 0.5) is 5.82 Å². The van der Waals surface area contributed by atoms with E-state index in [0.717, 1.165) is 17.1 Å². The molecule has 0 amide bonds. The van der Waals surface area contributed by atoms with Crippen LogP contribution >= 0.6 is 15.9 Å². The lowest BCUT2D eigenvalue weighted by Crippen LogP contribution is -2.41. The molecule has 4 nitrogen and oxygen atoms in total. The summed E-state index contributed by atoms with van der Waals surface area (Å²) >= 11 is 3.62. The molecule has 0 spiro atoms. The predicted octanol–water partition coefficient (Wildman–Crippen LogP) is 2.69. The largest absolute Gasteiger partial charge is 0.355 e. The van der Waals surface area contributed by atoms with E-state index in [-0.39, 0.29) is 0 Å². The Morgan fingerprint density at radius 2 is 1.95 bits per heavy atom. The van der Waals surface area contributed by atoms with E-state index < -0.39 is 0 Å². The maximum Gasteiger partial charge on any atom is 0.130 e. The van der Waals surface area contributed by atoms with Crippen LogP contribution in [0.3, 0.4) is 0 Å². The van der Waals surface area contributed by atoms with E-state index in [1.807, 2.05) is 0 Å². The first-order valence-corrected chi connectivity index (χ1v) is 8.90. The smallest absolute Gasteiger partial charge is 0.130 e. The number of alkyl halides is 1. The fraction of sp³-hybridized carbons (Fsp3) is 0.800. The summed E-state index contributed by atoms with van der Waals surface area (Å²) in [6.07, 6.45) is 5.48. The molecule has 0 saturated carbocycles. The van der Waals surface area contributed by atoms with Gasteiger partial charge in [-0.2, -0.15) is 5.10 Å². The molecule has 1 atom stereocenters. The van der Waals surface area contributed by atoms with Gasteiger partial charge in [0.1, 0.15) is 5.82 Å². The summed E-state index contributed by atoms with van der Waals surface area (Å²) in [6.45, 7) is 7.04. The molecule has 2 saturated heterocycles. The molecule has 0 bridgehead atoms. The van der Waals surface area contributed by atoms with Crippen LogP contribution in [0, 0.1) is 6.92 Å². The second-order valence-electron chi connectivity index (χ2n) is 6.13. The van der Waals surface area contributed by atoms with E-state index in [4.69, 9.17) is 0 Å². The zero-order valence-electron chi connectivity index (χ0n) is 12.6. The summed E-state index contributed by atoms with van der Waals surface area (Å²) in [5, 5.41) is 5.49. The van der Waals surface area contributed by atoms with E-state index in [9.17, 15) is 0 Å². The van der Waals surface area contributed by atoms with Gasteiger partial charge in [-0.25, -0.2) is 0 Å². The monoisotopic (exact) mass is 340 g/mol. The van der Waals surface area contributed by atoms with Gasteiger partial charge < -0.3 is 4.90 Å². The van der Waals surface area contributed by atoms with Crippen molar-refractivity contribution in [1.29, 1.82) is 0 Å². The van der Waals surface area contributed by atoms with E-state index in [2.05, 4.69) is 49.5 Å². The highest BCUT2D eigenvalue weighted by atomic mass is 79.9. The first-order chi connectivity index (χ1) is 9.70. The molecule has 0 N–H and O–H groups in total. The first-order valence-electron chi connectivity index (χ1n) is 7.78. The number of aryl methyl sites for hydroxylation is 2. The molecule has 5 heteroatoms. The van der Waals surface area contributed by atoms with Crippen LogP contribution < -0.4 is 4.90 Å². The SMILES string of the molecule is Cc1nn(C)c(N2CCC(N3CCCCC3)C2)c1CBr. The summed E-state index contributed by atoms with van der Waals surface area (Å²) in [6, 6.07) is 0.744. The maximum absolute atomic E-state index is 4.60. The lowest BCUT2D eigenvalue weighted by Gasteiger charge is -2.32. The van der Waals surface area contributed by atoms with Crippen LogP contribution in [0.1, 0.15) is 36.9 Å². The Balaban J connectivity index is 1.73. The first kappa shape index (κ1) is 14.4. The molecule has 0 aromatic carbocycles. The number of hydrogen-bond acceptors (Lipinski definition) is 3. The van der Waals surface area contributed by atoms with Gasteiger partial charge in [-0.15, -0.1) is 0 Å². The zero-order valence-corrected chi connectivity index (χ0v) is 14.2. The molecule has 0 radical (unpaired) electrons. The van der Waals surface area contributed by atoms with Crippen LogP contribution in [0.2, 0.25) is 0 Å². The Kier molecular flexibility index (Phi) is 4.36. The molecule has 2 fully saturated rings. The van der Waals surface area contributed by atoms with Crippen molar-refractivity contribution in [2.24, 2.45) is 7.05 Å². The van der Waals surface area contributed by atoms with E-state index in [0.29, 0.717) is 0 Å². The third kappa shape index (κ3) is 2.62. The Morgan fingerprint density at radius 1 is 1.20 bits per heavy atom. The highest BCUT2D eigenvalue weighted by Gasteiger charge is 2.31. The highest BCUT2D eigenvalue weighted by molar-refractivity contribution is 9.08. The van der Waals surface area contributed by atoms with Gasteiger partial charge in [0.15, 0.2) is 0 Å². The molecule has 1 aromatic rings. The fourth-order valence-corrected chi connectivity index (χ4v) is 4.41. The van der Waals surface area contributed by atoms with Crippen molar-refractivity contribution in [3.05, 3.63) is 11.3 Å². The third-order valence-electron chi connectivity index (χ3n) is 4.82. The molecule has 20 heavy (non-hydrogen) atoms. The maximum atomic E-state index is 4.60. The van der Waals surface area contributed by atoms with Gasteiger partial charge in [0.05, 0.1) is 5.69 Å². The van der Waals surface area contributed by atoms with Crippen molar-refractivity contribution in [3.63, 3.8) is 0 Å². The molecule has 2 aliphatic heterocycles. The number of rotatable bonds is 3. The van der Waals surface area contributed by atoms with Gasteiger partial charge in [0, 0.05) is 37.1 Å². The lowest BCUT2D eigenvalue weighted by atomic mass is 10.1. The molecule has 3 heterocycles. The van der Waals surface area contributed by atoms with Gasteiger partial charge >= 0.3 is 0 Å². The summed E-state index contributed by atoms with van der Waals surface area (Å²) in [7, 11) is 2.07. The van der Waals surface area contributed by atoms with E-state index >= 15 is 0 Å². The minimum atomic E-state index is 0.744. The number of halogens is 1. The van der Waals surface area contributed by atoms with Crippen LogP contribution in [-0.2, 0) is 12.4 Å². The Hall–Kier alpha value is -0.550. The van der Waals surface area contributed by atoms with Gasteiger partial charge in [-0.3, -0.25) is 9.58 Å². The standard InChI is InChI=1S/C15H25BrN4/c1-12-14(10-16)15(18(2)17-12)20-9-6-13(11-20)19-7-4-3-5-8-19/h13H,3-11H2,1-2H3. The van der Waals surface area contributed by atoms with Crippen molar-refractivity contribution in [1.82, 2.24) is 14.7 Å². The van der Waals surface area contributed by atoms with Crippen molar-refractivity contribution in [2.45, 2.75) is 44.0 Å². The van der Waals surface area contributed by atoms with Crippen LogP contribution in [-0.4, -0.2) is 46.9 Å². The average Bonchev–Trinajstić information content (AvgIpc) is 3.03. The minimum Gasteiger partial charge on any atom is -0.355 e. The fourth-order valence-electron chi connectivity index (χ4n) is 3.76. The number of likely N-dealkylation sites (tertiary alicyclic amines) is 1. The number of hydrogen-bond donors (Lipinski definition) is 0. The summed E-state index contributed by atoms with van der Waals surface area (Å²) < 4.78 is 2.06. The zero-order chi connectivity index (χ0) is 14.1. The Bertz CT molecular complexity index is 465. The van der Waals surface area contributed by atoms with Crippen LogP contribution in [0.25, 0.3) is 0 Å². The summed E-state index contributed by atoms with van der Waals surface area (Å²) in [5.41, 5.74) is 2.51. The average molecular weight is 341 g/mol. The molecule has 1 unspecified atom stereocenters. The van der Waals surface area contributed by atoms with E-state index in [1.165, 1.54) is 63.2 Å². The quantitative estimate of drug-likeness (QED) is 0.790. The molecular weight excluding hydrogens is 316 g/mol. The number of anilines is 1. The van der Waals surface area contributed by atoms with Crippen molar-refractivity contribution in [2.75, 3.05) is 31.1 Å². The normalized spacial score (nSPS) is 24.6. The van der Waals surface area contributed by atoms with E-state index in [1.54, 1.807) is 0 Å². The molecule has 0 aliphatic carbocycles. The molecule has 3 rings (SSSR count). The second-order valence-corrected chi connectivity index (χ2v) is 6.69. The number of nitrogens with zero attached hydrogens (tertiary/aromatic N) is 4.